The molecule has 1 aliphatic carbocycles. The van der Waals surface area contributed by atoms with Crippen molar-refractivity contribution in [3.8, 4) is 74.7 Å². The highest BCUT2D eigenvalue weighted by Gasteiger charge is 2.51. The number of thiophene rings is 1. The fraction of sp³-hybridized carbons (Fsp3) is 0.275. The van der Waals surface area contributed by atoms with Gasteiger partial charge in [-0.1, -0.05) is 113 Å². The second kappa shape index (κ2) is 43.0. The van der Waals surface area contributed by atoms with Crippen LogP contribution in [0, 0.1) is 25.7 Å². The summed E-state index contributed by atoms with van der Waals surface area (Å²) in [5.74, 6) is -4.27. The molecule has 5 aliphatic heterocycles. The van der Waals surface area contributed by atoms with Crippen LogP contribution in [-0.4, -0.2) is 136 Å². The largest absolute Gasteiger partial charge is 0.586 e. The number of aromatic carboxylic acids is 1. The third kappa shape index (κ3) is 22.4. The number of nitrogens with one attached hydrogen (secondary N) is 3. The number of para-hydroxylation sites is 1. The van der Waals surface area contributed by atoms with E-state index in [0.29, 0.717) is 136 Å². The fourth-order valence-electron chi connectivity index (χ4n) is 18.1. The summed E-state index contributed by atoms with van der Waals surface area (Å²) in [5.41, 5.74) is 9.81. The number of sulfonamides is 2. The van der Waals surface area contributed by atoms with Gasteiger partial charge in [-0.25, -0.2) is 40.9 Å². The van der Waals surface area contributed by atoms with E-state index in [4.69, 9.17) is 57.1 Å². The number of hydrogen-bond donors (Lipinski definition) is 7. The molecule has 3 unspecified atom stereocenters. The van der Waals surface area contributed by atoms with Crippen LogP contribution >= 0.6 is 11.3 Å². The zero-order chi connectivity index (χ0) is 104. The van der Waals surface area contributed by atoms with Crippen LogP contribution < -0.4 is 76.3 Å². The molecule has 7 atom stereocenters. The molecule has 3 aromatic heterocycles. The smallest absolute Gasteiger partial charge is 0.497 e. The molecule has 10 aromatic carbocycles. The molecule has 2 amide bonds. The van der Waals surface area contributed by atoms with Crippen LogP contribution in [0.3, 0.4) is 0 Å². The van der Waals surface area contributed by atoms with Crippen LogP contribution in [0.15, 0.2) is 240 Å². The van der Waals surface area contributed by atoms with Crippen molar-refractivity contribution in [2.75, 3.05) is 39.9 Å². The molecule has 0 saturated heterocycles. The Hall–Kier alpha value is -15.9. The predicted octanol–water partition coefficient (Wildman–Crippen LogP) is 19.7. The Morgan fingerprint density at radius 2 is 1.18 bits per heavy atom. The van der Waals surface area contributed by atoms with Crippen molar-refractivity contribution >= 4 is 89.4 Å². The van der Waals surface area contributed by atoms with Crippen molar-refractivity contribution in [3.05, 3.63) is 318 Å². The SMILES string of the molecule is CCCc1ccccc1OC(C(=O)NS(=O)(=O)c1ccc(C(C)C)cc1)c1ccc2c(c1)OCO2.COc1cc(C)ccc1S(=O)(=O)NC(=O)[C@@H](c1ccc2c(c1)OCO2)c1cn(C)c2cc(C(=O)O)ccc12.COc1ccc([C@@H]2c3nc(NC(C)C)ccc3[C@H](c3ccc4c(c3)OC(F)(F)O4)[C@H]2C(=O)O)c(CC(C)C(=O)O)c1.Cc1ccc(C2=C(C(=O)O)C(c3ccc4c(c3)OCO4)Oc3ccc(OC(C)C)cc32)s1. The number of alkyl halides is 2. The zero-order valence-corrected chi connectivity index (χ0v) is 83.9. The number of halogens is 2. The number of aryl methyl sites for hydroxylation is 4. The number of benzene rings is 10. The Morgan fingerprint density at radius 1 is 0.562 bits per heavy atom. The van der Waals surface area contributed by atoms with E-state index in [-0.39, 0.29) is 83.0 Å². The monoisotopic (exact) mass is 2050 g/mol. The van der Waals surface area contributed by atoms with Crippen molar-refractivity contribution in [2.45, 2.75) is 153 Å². The molecule has 32 nitrogen and oxygen atoms in total. The lowest BCUT2D eigenvalue weighted by atomic mass is 9.78. The second-order valence-corrected chi connectivity index (χ2v) is 40.8. The van der Waals surface area contributed by atoms with Crippen LogP contribution in [0.4, 0.5) is 14.6 Å². The summed E-state index contributed by atoms with van der Waals surface area (Å²) in [6, 6.07) is 60.9. The lowest BCUT2D eigenvalue weighted by Gasteiger charge is -2.30. The van der Waals surface area contributed by atoms with E-state index in [1.54, 1.807) is 164 Å². The van der Waals surface area contributed by atoms with Gasteiger partial charge in [0.15, 0.2) is 52.1 Å². The highest BCUT2D eigenvalue weighted by atomic mass is 32.2. The Morgan fingerprint density at radius 3 is 1.82 bits per heavy atom. The number of anilines is 1. The standard InChI is InChI=1S/C30H30F2N2O7.C27H24N2O8S.C27H29NO6S.C25H22O6S/c1-14(2)33-23-10-8-20-24(16-5-9-21-22(13-16)41-30(31,32)40-21)26(29(37)38)25(27(20)34-23)19-7-6-18(39-4)12-17(19)11-15(3)28(35)36;1-15-4-9-24(23(10-15)35-3)38(33,34)28-26(30)25(16-6-8-21-22(12-16)37-14-36-21)19-13-29(2)20-11-17(27(31)32)5-7-18(19)20;1-4-7-20-8-5-6-9-23(20)34-26(21-12-15-24-25(16-21)33-17-32-24)27(29)28-35(30,31)22-13-10-19(11-14-22)18(2)3;1-13(2)30-16-6-8-18-17(11-16)22(21-9-4-14(3)32-21)23(25(26)27)24(31-18)15-5-7-19-20(10-15)29-12-28-19/h5-10,12-15,24-26H,11H2,1-4H3,(H,33,34)(H,35,36)(H,37,38);4-13,25H,14H2,1-3H3,(H,28,30)(H,31,32);5-6,8-16,18,26H,4,7,17H2,1-3H3,(H,28,29);4-11,13,24H,12H2,1-3H3,(H,26,27)/t15?,24-,25-,26+;25-;;/m00../s1. The van der Waals surface area contributed by atoms with Gasteiger partial charge in [-0.3, -0.25) is 19.2 Å². The quantitative estimate of drug-likeness (QED) is 0.0220. The Balaban J connectivity index is 0.000000140. The fourth-order valence-corrected chi connectivity index (χ4v) is 21.2. The van der Waals surface area contributed by atoms with Gasteiger partial charge in [0.05, 0.1) is 59.8 Å². The number of methoxy groups -OCH3 is 2. The molecule has 0 spiro atoms. The first-order valence-electron chi connectivity index (χ1n) is 46.6. The summed E-state index contributed by atoms with van der Waals surface area (Å²) in [5, 5.41) is 43.9. The van der Waals surface area contributed by atoms with Crippen molar-refractivity contribution < 1.29 is 136 Å². The normalized spacial score (nSPS) is 16.2. The number of carboxylic acids is 4. The lowest BCUT2D eigenvalue weighted by Crippen LogP contribution is -2.37. The van der Waals surface area contributed by atoms with E-state index >= 15 is 0 Å². The van der Waals surface area contributed by atoms with Crippen molar-refractivity contribution in [1.82, 2.24) is 19.0 Å². The molecule has 13 aromatic rings. The Labute approximate surface area is 843 Å². The molecule has 37 heteroatoms. The number of amides is 2. The number of aromatic nitrogens is 2. The maximum absolute atomic E-state index is 13.8. The van der Waals surface area contributed by atoms with Gasteiger partial charge in [-0.05, 0) is 250 Å². The average Bonchev–Trinajstić information content (AvgIpc) is 1.58. The van der Waals surface area contributed by atoms with Gasteiger partial charge in [0.1, 0.15) is 39.5 Å². The van der Waals surface area contributed by atoms with Gasteiger partial charge in [0.2, 0.25) is 32.4 Å². The van der Waals surface area contributed by atoms with E-state index in [9.17, 15) is 74.8 Å². The number of rotatable bonds is 30. The summed E-state index contributed by atoms with van der Waals surface area (Å²) in [6.07, 6.45) is -2.39. The molecular weight excluding hydrogens is 1950 g/mol. The minimum absolute atomic E-state index is 0.00528. The van der Waals surface area contributed by atoms with Crippen LogP contribution in [0.2, 0.25) is 0 Å². The molecular formula is C109H105F2N5O27S3. The number of fused-ring (bicyclic) bond motifs is 7. The highest BCUT2D eigenvalue weighted by molar-refractivity contribution is 7.90. The Bertz CT molecular complexity index is 7510. The van der Waals surface area contributed by atoms with E-state index < -0.39 is 104 Å². The number of carbonyl (C=O) groups is 6. The van der Waals surface area contributed by atoms with Crippen molar-refractivity contribution in [3.63, 3.8) is 0 Å². The molecule has 7 N–H and O–H groups in total. The van der Waals surface area contributed by atoms with Gasteiger partial charge < -0.3 is 91.9 Å². The third-order valence-electron chi connectivity index (χ3n) is 24.9. The first-order chi connectivity index (χ1) is 69.6. The molecule has 760 valence electrons. The number of aliphatic carboxylic acids is 3. The molecule has 0 saturated carbocycles. The van der Waals surface area contributed by atoms with Gasteiger partial charge >= 0.3 is 30.2 Å². The summed E-state index contributed by atoms with van der Waals surface area (Å²) >= 11 is 1.55. The maximum atomic E-state index is 13.8. The number of carbonyl (C=O) groups excluding carboxylic acids is 2. The number of hydrogen-bond acceptors (Lipinski definition) is 26. The van der Waals surface area contributed by atoms with Crippen LogP contribution in [0.1, 0.15) is 190 Å². The van der Waals surface area contributed by atoms with Crippen LogP contribution in [0.5, 0.6) is 74.7 Å². The number of ether oxygens (including phenoxy) is 13. The van der Waals surface area contributed by atoms with E-state index in [1.165, 1.54) is 56.7 Å². The van der Waals surface area contributed by atoms with E-state index in [2.05, 4.69) is 31.2 Å². The predicted molar refractivity (Wildman–Crippen MR) is 534 cm³/mol. The molecule has 0 bridgehead atoms. The summed E-state index contributed by atoms with van der Waals surface area (Å²) in [7, 11) is -3.86. The minimum Gasteiger partial charge on any atom is -0.497 e. The van der Waals surface area contributed by atoms with Gasteiger partial charge in [0, 0.05) is 74.0 Å². The first-order valence-corrected chi connectivity index (χ1v) is 50.4. The molecule has 8 heterocycles. The van der Waals surface area contributed by atoms with Gasteiger partial charge in [0.25, 0.3) is 26.0 Å². The van der Waals surface area contributed by atoms with Crippen LogP contribution in [-0.2, 0) is 63.9 Å². The minimum atomic E-state index is -4.32. The number of pyridine rings is 1. The molecule has 0 radical (unpaired) electrons. The molecule has 146 heavy (non-hydrogen) atoms. The topological polar surface area (TPSA) is 426 Å². The average molecular weight is 2050 g/mol. The zero-order valence-electron chi connectivity index (χ0n) is 81.4. The Kier molecular flexibility index (Phi) is 30.3. The maximum Gasteiger partial charge on any atom is 0.586 e. The third-order valence-corrected chi connectivity index (χ3v) is 28.7. The number of nitrogens with zero attached hydrogens (tertiary/aromatic N) is 2. The van der Waals surface area contributed by atoms with Crippen molar-refractivity contribution in [2.24, 2.45) is 18.9 Å². The molecule has 19 rings (SSSR count). The van der Waals surface area contributed by atoms with Gasteiger partial charge in [-0.2, -0.15) is 0 Å². The van der Waals surface area contributed by atoms with E-state index in [0.717, 1.165) is 39.3 Å². The highest BCUT2D eigenvalue weighted by Crippen LogP contribution is 2.57. The summed E-state index contributed by atoms with van der Waals surface area (Å²) in [6.45, 7) is 19.5. The number of carboxylic acid groups (broad SMARTS) is 4. The molecule has 0 fully saturated rings. The first kappa shape index (κ1) is 103. The van der Waals surface area contributed by atoms with Crippen molar-refractivity contribution in [1.29, 1.82) is 0 Å². The van der Waals surface area contributed by atoms with Crippen LogP contribution in [0.25, 0.3) is 16.5 Å². The van der Waals surface area contributed by atoms with E-state index in [1.807, 2.05) is 103 Å². The molecule has 6 aliphatic rings. The lowest BCUT2D eigenvalue weighted by molar-refractivity contribution is -0.286. The summed E-state index contributed by atoms with van der Waals surface area (Å²) < 4.78 is 157. The second-order valence-electron chi connectivity index (χ2n) is 36.2. The van der Waals surface area contributed by atoms with Gasteiger partial charge in [-0.15, -0.1) is 20.1 Å². The summed E-state index contributed by atoms with van der Waals surface area (Å²) in [4.78, 5) is 82.8.